The van der Waals surface area contributed by atoms with Gasteiger partial charge in [0.25, 0.3) is 0 Å². The van der Waals surface area contributed by atoms with Crippen molar-refractivity contribution in [3.05, 3.63) is 234 Å². The second-order valence-corrected chi connectivity index (χ2v) is 13.9. The van der Waals surface area contributed by atoms with Gasteiger partial charge in [-0.15, -0.1) is 0 Å². The first-order chi connectivity index (χ1) is 25.6. The topological polar surface area (TPSA) is 3.24 Å². The second kappa shape index (κ2) is 13.0. The number of fused-ring (bicyclic) bond motifs is 3. The summed E-state index contributed by atoms with van der Waals surface area (Å²) in [7, 11) is 0. The zero-order chi connectivity index (χ0) is 35.1. The van der Waals surface area contributed by atoms with E-state index in [0.29, 0.717) is 0 Å². The summed E-state index contributed by atoms with van der Waals surface area (Å²) < 4.78 is 0. The second-order valence-electron chi connectivity index (χ2n) is 13.9. The molecule has 0 amide bonds. The highest BCUT2D eigenvalue weighted by molar-refractivity contribution is 5.88. The van der Waals surface area contributed by atoms with E-state index >= 15 is 0 Å². The van der Waals surface area contributed by atoms with Crippen molar-refractivity contribution < 1.29 is 0 Å². The fourth-order valence-corrected chi connectivity index (χ4v) is 8.25. The van der Waals surface area contributed by atoms with Gasteiger partial charge in [-0.05, 0) is 111 Å². The number of nitrogens with zero attached hydrogens (tertiary/aromatic N) is 1. The van der Waals surface area contributed by atoms with Gasteiger partial charge in [-0.3, -0.25) is 0 Å². The highest BCUT2D eigenvalue weighted by Gasteiger charge is 2.46. The fraction of sp³-hybridized carbons (Fsp3) is 0.0588. The summed E-state index contributed by atoms with van der Waals surface area (Å²) in [5.74, 6) is 0. The van der Waals surface area contributed by atoms with E-state index in [1.165, 1.54) is 66.8 Å². The highest BCUT2D eigenvalue weighted by atomic mass is 15.1. The Morgan fingerprint density at radius 1 is 0.327 bits per heavy atom. The van der Waals surface area contributed by atoms with E-state index in [1.807, 2.05) is 0 Å². The molecule has 9 rings (SSSR count). The summed E-state index contributed by atoms with van der Waals surface area (Å²) in [5, 5.41) is 0. The molecule has 0 aromatic heterocycles. The van der Waals surface area contributed by atoms with E-state index in [-0.39, 0.29) is 0 Å². The lowest BCUT2D eigenvalue weighted by atomic mass is 9.67. The van der Waals surface area contributed by atoms with Gasteiger partial charge in [0, 0.05) is 17.1 Å². The first-order valence-electron chi connectivity index (χ1n) is 18.1. The van der Waals surface area contributed by atoms with E-state index in [4.69, 9.17) is 0 Å². The lowest BCUT2D eigenvalue weighted by Gasteiger charge is -2.35. The van der Waals surface area contributed by atoms with Crippen LogP contribution in [0.25, 0.3) is 33.4 Å². The van der Waals surface area contributed by atoms with Crippen molar-refractivity contribution in [2.24, 2.45) is 0 Å². The molecule has 1 aliphatic rings. The molecule has 248 valence electrons. The Hall–Kier alpha value is -6.44. The molecule has 0 unspecified atom stereocenters. The van der Waals surface area contributed by atoms with Crippen molar-refractivity contribution in [1.82, 2.24) is 0 Å². The molecule has 0 radical (unpaired) electrons. The maximum atomic E-state index is 2.43. The molecule has 1 nitrogen and oxygen atoms in total. The third kappa shape index (κ3) is 5.34. The van der Waals surface area contributed by atoms with E-state index in [9.17, 15) is 0 Å². The summed E-state index contributed by atoms with van der Waals surface area (Å²) in [4.78, 5) is 2.41. The van der Waals surface area contributed by atoms with Crippen molar-refractivity contribution in [2.45, 2.75) is 19.3 Å². The molecule has 0 saturated heterocycles. The zero-order valence-electron chi connectivity index (χ0n) is 29.5. The van der Waals surface area contributed by atoms with Crippen LogP contribution >= 0.6 is 0 Å². The van der Waals surface area contributed by atoms with Gasteiger partial charge in [-0.25, -0.2) is 0 Å². The van der Waals surface area contributed by atoms with E-state index in [0.717, 1.165) is 17.1 Å². The molecular formula is C51H39N. The number of benzene rings is 8. The van der Waals surface area contributed by atoms with Crippen molar-refractivity contribution in [1.29, 1.82) is 0 Å². The number of aryl methyl sites for hydroxylation is 2. The third-order valence-corrected chi connectivity index (χ3v) is 10.7. The minimum atomic E-state index is -0.484. The summed E-state index contributed by atoms with van der Waals surface area (Å²) in [6, 6.07) is 73.5. The van der Waals surface area contributed by atoms with Crippen LogP contribution < -0.4 is 4.90 Å². The molecule has 8 aromatic carbocycles. The minimum Gasteiger partial charge on any atom is -0.310 e. The summed E-state index contributed by atoms with van der Waals surface area (Å²) in [6.07, 6.45) is 0. The SMILES string of the molecule is Cc1ccc(C2(c3cc(C)cc(N(c4ccc(-c5ccccc5)cc4)c4ccc(-c5ccccc5)cc4)c3)c3ccccc3-c3ccccc32)cc1. The van der Waals surface area contributed by atoms with Crippen LogP contribution in [0.2, 0.25) is 0 Å². The molecule has 0 heterocycles. The van der Waals surface area contributed by atoms with Crippen LogP contribution in [0.3, 0.4) is 0 Å². The van der Waals surface area contributed by atoms with Gasteiger partial charge < -0.3 is 4.90 Å². The molecule has 0 aliphatic heterocycles. The number of anilines is 3. The Kier molecular flexibility index (Phi) is 7.90. The summed E-state index contributed by atoms with van der Waals surface area (Å²) >= 11 is 0. The fourth-order valence-electron chi connectivity index (χ4n) is 8.25. The average Bonchev–Trinajstić information content (AvgIpc) is 3.50. The van der Waals surface area contributed by atoms with E-state index in [1.54, 1.807) is 0 Å². The Morgan fingerprint density at radius 3 is 1.27 bits per heavy atom. The minimum absolute atomic E-state index is 0.484. The summed E-state index contributed by atoms with van der Waals surface area (Å²) in [6.45, 7) is 4.40. The van der Waals surface area contributed by atoms with Gasteiger partial charge in [0.05, 0.1) is 5.41 Å². The predicted molar refractivity (Wildman–Crippen MR) is 219 cm³/mol. The maximum Gasteiger partial charge on any atom is 0.0714 e. The lowest BCUT2D eigenvalue weighted by molar-refractivity contribution is 0.767. The number of hydrogen-bond donors (Lipinski definition) is 0. The largest absolute Gasteiger partial charge is 0.310 e. The number of rotatable bonds is 7. The van der Waals surface area contributed by atoms with Crippen LogP contribution in [0, 0.1) is 13.8 Å². The highest BCUT2D eigenvalue weighted by Crippen LogP contribution is 2.56. The Labute approximate surface area is 307 Å². The van der Waals surface area contributed by atoms with Crippen LogP contribution in [0.5, 0.6) is 0 Å². The van der Waals surface area contributed by atoms with Crippen LogP contribution in [-0.2, 0) is 5.41 Å². The van der Waals surface area contributed by atoms with Crippen molar-refractivity contribution >= 4 is 17.1 Å². The van der Waals surface area contributed by atoms with Gasteiger partial charge in [-0.2, -0.15) is 0 Å². The van der Waals surface area contributed by atoms with Crippen LogP contribution in [0.1, 0.15) is 33.4 Å². The quantitative estimate of drug-likeness (QED) is 0.164. The van der Waals surface area contributed by atoms with Crippen molar-refractivity contribution in [2.75, 3.05) is 4.90 Å². The monoisotopic (exact) mass is 665 g/mol. The average molecular weight is 666 g/mol. The molecule has 0 fully saturated rings. The smallest absolute Gasteiger partial charge is 0.0714 e. The molecule has 0 N–H and O–H groups in total. The van der Waals surface area contributed by atoms with Crippen molar-refractivity contribution in [3.8, 4) is 33.4 Å². The third-order valence-electron chi connectivity index (χ3n) is 10.7. The van der Waals surface area contributed by atoms with Crippen LogP contribution in [-0.4, -0.2) is 0 Å². The predicted octanol–water partition coefficient (Wildman–Crippen LogP) is 13.5. The van der Waals surface area contributed by atoms with Gasteiger partial charge in [0.15, 0.2) is 0 Å². The maximum absolute atomic E-state index is 2.43. The number of hydrogen-bond acceptors (Lipinski definition) is 1. The van der Waals surface area contributed by atoms with Crippen LogP contribution in [0.4, 0.5) is 17.1 Å². The van der Waals surface area contributed by atoms with Gasteiger partial charge in [0.1, 0.15) is 0 Å². The Morgan fingerprint density at radius 2 is 0.769 bits per heavy atom. The normalized spacial score (nSPS) is 12.6. The Balaban J connectivity index is 1.26. The molecule has 1 aliphatic carbocycles. The molecule has 8 aromatic rings. The molecule has 1 heteroatoms. The van der Waals surface area contributed by atoms with Gasteiger partial charge >= 0.3 is 0 Å². The van der Waals surface area contributed by atoms with E-state index in [2.05, 4.69) is 219 Å². The van der Waals surface area contributed by atoms with E-state index < -0.39 is 5.41 Å². The van der Waals surface area contributed by atoms with Gasteiger partial charge in [0.2, 0.25) is 0 Å². The lowest BCUT2D eigenvalue weighted by Crippen LogP contribution is -2.29. The zero-order valence-corrected chi connectivity index (χ0v) is 29.5. The first kappa shape index (κ1) is 31.5. The first-order valence-corrected chi connectivity index (χ1v) is 18.1. The summed E-state index contributed by atoms with van der Waals surface area (Å²) in [5.41, 5.74) is 17.9. The molecule has 52 heavy (non-hydrogen) atoms. The van der Waals surface area contributed by atoms with Gasteiger partial charge in [-0.1, -0.05) is 169 Å². The molecule has 0 atom stereocenters. The standard InChI is InChI=1S/C51H39N/c1-36-21-27-42(28-22-36)51(49-19-11-9-17-47(49)48-18-10-12-20-50(48)51)43-33-37(2)34-46(35-43)52(44-29-23-40(24-30-44)38-13-5-3-6-14-38)45-31-25-41(26-32-45)39-15-7-4-8-16-39/h3-35H,1-2H3. The van der Waals surface area contributed by atoms with Crippen molar-refractivity contribution in [3.63, 3.8) is 0 Å². The van der Waals surface area contributed by atoms with Crippen LogP contribution in [0.15, 0.2) is 200 Å². The molecule has 0 spiro atoms. The molecular weight excluding hydrogens is 627 g/mol. The molecule has 0 saturated carbocycles. The molecule has 0 bridgehead atoms. The Bertz CT molecular complexity index is 2370.